The van der Waals surface area contributed by atoms with Gasteiger partial charge in [-0.1, -0.05) is 19.1 Å². The minimum atomic E-state index is 0.232. The van der Waals surface area contributed by atoms with Crippen molar-refractivity contribution in [2.24, 2.45) is 5.92 Å². The summed E-state index contributed by atoms with van der Waals surface area (Å²) in [6.45, 7) is 4.96. The van der Waals surface area contributed by atoms with Gasteiger partial charge in [0.05, 0.1) is 6.61 Å². The Morgan fingerprint density at radius 2 is 1.95 bits per heavy atom. The number of ether oxygens (including phenoxy) is 2. The molecule has 0 amide bonds. The number of para-hydroxylation sites is 2. The van der Waals surface area contributed by atoms with Crippen LogP contribution in [0.5, 0.6) is 11.5 Å². The molecule has 0 aliphatic heterocycles. The van der Waals surface area contributed by atoms with Crippen molar-refractivity contribution >= 4 is 0 Å². The van der Waals surface area contributed by atoms with Crippen LogP contribution in [0, 0.1) is 5.92 Å². The van der Waals surface area contributed by atoms with E-state index < -0.39 is 0 Å². The SMILES string of the molecule is CCOc1ccccc1OC1CC(C)CCC1NC. The van der Waals surface area contributed by atoms with E-state index in [2.05, 4.69) is 12.2 Å². The summed E-state index contributed by atoms with van der Waals surface area (Å²) in [5.74, 6) is 2.44. The summed E-state index contributed by atoms with van der Waals surface area (Å²) in [6.07, 6.45) is 3.79. The van der Waals surface area contributed by atoms with E-state index in [1.165, 1.54) is 12.8 Å². The third-order valence-corrected chi connectivity index (χ3v) is 3.85. The molecule has 1 aliphatic rings. The van der Waals surface area contributed by atoms with Crippen molar-refractivity contribution in [2.45, 2.75) is 45.3 Å². The summed E-state index contributed by atoms with van der Waals surface area (Å²) < 4.78 is 11.9. The number of hydrogen-bond donors (Lipinski definition) is 1. The molecule has 1 saturated carbocycles. The van der Waals surface area contributed by atoms with Gasteiger partial charge in [0, 0.05) is 6.04 Å². The zero-order valence-electron chi connectivity index (χ0n) is 12.2. The molecular formula is C16H25NO2. The number of rotatable bonds is 5. The molecular weight excluding hydrogens is 238 g/mol. The Morgan fingerprint density at radius 3 is 2.63 bits per heavy atom. The molecule has 106 valence electrons. The van der Waals surface area contributed by atoms with Gasteiger partial charge < -0.3 is 14.8 Å². The molecule has 0 radical (unpaired) electrons. The molecule has 0 spiro atoms. The second-order valence-corrected chi connectivity index (χ2v) is 5.35. The third-order valence-electron chi connectivity index (χ3n) is 3.85. The van der Waals surface area contributed by atoms with E-state index in [9.17, 15) is 0 Å². The second kappa shape index (κ2) is 6.80. The van der Waals surface area contributed by atoms with Crippen LogP contribution in [0.2, 0.25) is 0 Å². The van der Waals surface area contributed by atoms with Crippen LogP contribution in [0.3, 0.4) is 0 Å². The zero-order valence-corrected chi connectivity index (χ0v) is 12.2. The lowest BCUT2D eigenvalue weighted by Gasteiger charge is -2.35. The second-order valence-electron chi connectivity index (χ2n) is 5.35. The van der Waals surface area contributed by atoms with Crippen LogP contribution in [-0.4, -0.2) is 25.8 Å². The maximum Gasteiger partial charge on any atom is 0.161 e. The van der Waals surface area contributed by atoms with Gasteiger partial charge in [-0.05, 0) is 51.3 Å². The molecule has 1 aromatic carbocycles. The molecule has 2 rings (SSSR count). The lowest BCUT2D eigenvalue weighted by molar-refractivity contribution is 0.0906. The Hall–Kier alpha value is -1.22. The summed E-state index contributed by atoms with van der Waals surface area (Å²) in [7, 11) is 2.02. The van der Waals surface area contributed by atoms with Crippen LogP contribution < -0.4 is 14.8 Å². The molecule has 0 bridgehead atoms. The van der Waals surface area contributed by atoms with E-state index in [-0.39, 0.29) is 6.10 Å². The molecule has 0 heterocycles. The summed E-state index contributed by atoms with van der Waals surface area (Å²) >= 11 is 0. The molecule has 3 atom stereocenters. The molecule has 3 nitrogen and oxygen atoms in total. The molecule has 0 saturated heterocycles. The maximum atomic E-state index is 6.23. The third kappa shape index (κ3) is 3.63. The van der Waals surface area contributed by atoms with Gasteiger partial charge in [0.1, 0.15) is 6.10 Å². The van der Waals surface area contributed by atoms with Crippen molar-refractivity contribution in [3.8, 4) is 11.5 Å². The van der Waals surface area contributed by atoms with E-state index in [4.69, 9.17) is 9.47 Å². The highest BCUT2D eigenvalue weighted by atomic mass is 16.5. The normalized spacial score (nSPS) is 27.0. The van der Waals surface area contributed by atoms with E-state index >= 15 is 0 Å². The molecule has 1 aliphatic carbocycles. The van der Waals surface area contributed by atoms with Gasteiger partial charge in [-0.15, -0.1) is 0 Å². The van der Waals surface area contributed by atoms with Crippen LogP contribution in [0.25, 0.3) is 0 Å². The fourth-order valence-corrected chi connectivity index (χ4v) is 2.77. The van der Waals surface area contributed by atoms with Gasteiger partial charge in [0.25, 0.3) is 0 Å². The van der Waals surface area contributed by atoms with Crippen molar-refractivity contribution in [1.29, 1.82) is 0 Å². The van der Waals surface area contributed by atoms with Gasteiger partial charge in [-0.2, -0.15) is 0 Å². The van der Waals surface area contributed by atoms with Crippen LogP contribution in [0.15, 0.2) is 24.3 Å². The van der Waals surface area contributed by atoms with Crippen molar-refractivity contribution in [2.75, 3.05) is 13.7 Å². The topological polar surface area (TPSA) is 30.5 Å². The molecule has 1 fully saturated rings. The van der Waals surface area contributed by atoms with Crippen molar-refractivity contribution < 1.29 is 9.47 Å². The highest BCUT2D eigenvalue weighted by molar-refractivity contribution is 5.39. The predicted octanol–water partition coefficient (Wildman–Crippen LogP) is 3.24. The fraction of sp³-hybridized carbons (Fsp3) is 0.625. The van der Waals surface area contributed by atoms with Gasteiger partial charge in [0.2, 0.25) is 0 Å². The molecule has 0 aromatic heterocycles. The quantitative estimate of drug-likeness (QED) is 0.884. The number of nitrogens with one attached hydrogen (secondary N) is 1. The molecule has 1 aromatic rings. The van der Waals surface area contributed by atoms with Gasteiger partial charge in [0.15, 0.2) is 11.5 Å². The summed E-state index contributed by atoms with van der Waals surface area (Å²) in [5.41, 5.74) is 0. The Kier molecular flexibility index (Phi) is 5.08. The highest BCUT2D eigenvalue weighted by Crippen LogP contribution is 2.32. The molecule has 1 N–H and O–H groups in total. The Morgan fingerprint density at radius 1 is 1.21 bits per heavy atom. The highest BCUT2D eigenvalue weighted by Gasteiger charge is 2.29. The van der Waals surface area contributed by atoms with Crippen LogP contribution >= 0.6 is 0 Å². The monoisotopic (exact) mass is 263 g/mol. The Bertz CT molecular complexity index is 394. The van der Waals surface area contributed by atoms with Crippen LogP contribution in [0.4, 0.5) is 0 Å². The van der Waals surface area contributed by atoms with Crippen molar-refractivity contribution in [3.63, 3.8) is 0 Å². The summed E-state index contributed by atoms with van der Waals surface area (Å²) in [6, 6.07) is 8.39. The number of benzene rings is 1. The first-order chi connectivity index (χ1) is 9.24. The van der Waals surface area contributed by atoms with Crippen LogP contribution in [0.1, 0.15) is 33.1 Å². The Balaban J connectivity index is 2.10. The van der Waals surface area contributed by atoms with Gasteiger partial charge >= 0.3 is 0 Å². The molecule has 19 heavy (non-hydrogen) atoms. The van der Waals surface area contributed by atoms with Gasteiger partial charge in [-0.25, -0.2) is 0 Å². The predicted molar refractivity (Wildman–Crippen MR) is 77.9 cm³/mol. The van der Waals surface area contributed by atoms with Crippen LogP contribution in [-0.2, 0) is 0 Å². The van der Waals surface area contributed by atoms with E-state index in [0.29, 0.717) is 12.6 Å². The zero-order chi connectivity index (χ0) is 13.7. The van der Waals surface area contributed by atoms with Crippen molar-refractivity contribution in [3.05, 3.63) is 24.3 Å². The standard InChI is InChI=1S/C16H25NO2/c1-4-18-14-7-5-6-8-15(14)19-16-11-12(2)9-10-13(16)17-3/h5-8,12-13,16-17H,4,9-11H2,1-3H3. The minimum absolute atomic E-state index is 0.232. The average molecular weight is 263 g/mol. The van der Waals surface area contributed by atoms with Crippen molar-refractivity contribution in [1.82, 2.24) is 5.32 Å². The smallest absolute Gasteiger partial charge is 0.161 e. The maximum absolute atomic E-state index is 6.23. The van der Waals surface area contributed by atoms with E-state index in [1.807, 2.05) is 38.2 Å². The summed E-state index contributed by atoms with van der Waals surface area (Å²) in [4.78, 5) is 0. The lowest BCUT2D eigenvalue weighted by atomic mass is 9.85. The lowest BCUT2D eigenvalue weighted by Crippen LogP contribution is -2.45. The number of likely N-dealkylation sites (N-methyl/N-ethyl adjacent to an activating group) is 1. The number of hydrogen-bond acceptors (Lipinski definition) is 3. The van der Waals surface area contributed by atoms with E-state index in [0.717, 1.165) is 23.8 Å². The molecule has 3 heteroatoms. The average Bonchev–Trinajstić information content (AvgIpc) is 2.42. The van der Waals surface area contributed by atoms with Gasteiger partial charge in [-0.3, -0.25) is 0 Å². The fourth-order valence-electron chi connectivity index (χ4n) is 2.77. The first-order valence-corrected chi connectivity index (χ1v) is 7.30. The van der Waals surface area contributed by atoms with E-state index in [1.54, 1.807) is 0 Å². The minimum Gasteiger partial charge on any atom is -0.490 e. The first kappa shape index (κ1) is 14.2. The largest absolute Gasteiger partial charge is 0.490 e. The Labute approximate surface area is 116 Å². The first-order valence-electron chi connectivity index (χ1n) is 7.30. The molecule has 3 unspecified atom stereocenters. The summed E-state index contributed by atoms with van der Waals surface area (Å²) in [5, 5.41) is 3.38.